The van der Waals surface area contributed by atoms with E-state index >= 15 is 0 Å². The summed E-state index contributed by atoms with van der Waals surface area (Å²) in [7, 11) is 0. The van der Waals surface area contributed by atoms with Crippen LogP contribution in [0.25, 0.3) is 11.3 Å². The number of ether oxygens (including phenoxy) is 1. The third kappa shape index (κ3) is 6.01. The van der Waals surface area contributed by atoms with Crippen molar-refractivity contribution in [1.82, 2.24) is 20.2 Å². The van der Waals surface area contributed by atoms with E-state index in [2.05, 4.69) is 20.2 Å². The number of benzene rings is 1. The van der Waals surface area contributed by atoms with Crippen LogP contribution in [0, 0.1) is 0 Å². The molecular formula is C20H27N5O2. The second-order valence-electron chi connectivity index (χ2n) is 6.68. The number of carbonyl (C=O) groups is 1. The van der Waals surface area contributed by atoms with Gasteiger partial charge in [0, 0.05) is 36.8 Å². The number of nitrogens with two attached hydrogens (primary N) is 1. The minimum atomic E-state index is -0.0629. The third-order valence-electron chi connectivity index (χ3n) is 4.65. The minimum Gasteiger partial charge on any atom is -0.384 e. The summed E-state index contributed by atoms with van der Waals surface area (Å²) in [5, 5.41) is 3.00. The van der Waals surface area contributed by atoms with Crippen LogP contribution < -0.4 is 11.1 Å². The molecule has 0 bridgehead atoms. The first-order valence-corrected chi connectivity index (χ1v) is 9.48. The molecule has 1 aromatic heterocycles. The Balaban J connectivity index is 1.41. The molecule has 7 heteroatoms. The van der Waals surface area contributed by atoms with Gasteiger partial charge in [-0.3, -0.25) is 9.69 Å². The quantitative estimate of drug-likeness (QED) is 0.691. The van der Waals surface area contributed by atoms with E-state index in [-0.39, 0.29) is 5.91 Å². The van der Waals surface area contributed by atoms with Gasteiger partial charge in [0.05, 0.1) is 18.9 Å². The Morgan fingerprint density at radius 3 is 2.81 bits per heavy atom. The molecule has 0 atom stereocenters. The van der Waals surface area contributed by atoms with Gasteiger partial charge in [-0.2, -0.15) is 0 Å². The predicted octanol–water partition coefficient (Wildman–Crippen LogP) is 1.96. The van der Waals surface area contributed by atoms with Crippen LogP contribution in [0.2, 0.25) is 0 Å². The average Bonchev–Trinajstić information content (AvgIpc) is 2.71. The molecule has 2 aromatic rings. The topological polar surface area (TPSA) is 93.4 Å². The molecule has 144 valence electrons. The Kier molecular flexibility index (Phi) is 7.12. The third-order valence-corrected chi connectivity index (χ3v) is 4.65. The molecule has 1 fully saturated rings. The summed E-state index contributed by atoms with van der Waals surface area (Å²) in [5.74, 6) is 0.346. The number of unbranched alkanes of at least 4 members (excludes halogenated alkanes) is 2. The lowest BCUT2D eigenvalue weighted by molar-refractivity contribution is 0.0371. The van der Waals surface area contributed by atoms with Gasteiger partial charge in [0.2, 0.25) is 0 Å². The van der Waals surface area contributed by atoms with Crippen molar-refractivity contribution in [3.05, 3.63) is 42.2 Å². The number of rotatable bonds is 8. The van der Waals surface area contributed by atoms with Crippen LogP contribution in [0.3, 0.4) is 0 Å². The SMILES string of the molecule is Nc1cc(-c2cccc(C(=O)NCCCCCN3CCOCC3)c2)ncn1. The van der Waals surface area contributed by atoms with Crippen LogP contribution in [0.4, 0.5) is 5.82 Å². The van der Waals surface area contributed by atoms with Gasteiger partial charge in [0.15, 0.2) is 0 Å². The summed E-state index contributed by atoms with van der Waals surface area (Å²) in [6.45, 7) is 5.55. The number of nitrogens with one attached hydrogen (secondary N) is 1. The number of hydrogen-bond acceptors (Lipinski definition) is 6. The smallest absolute Gasteiger partial charge is 0.251 e. The number of morpholine rings is 1. The zero-order valence-electron chi connectivity index (χ0n) is 15.6. The molecule has 3 rings (SSSR count). The monoisotopic (exact) mass is 369 g/mol. The molecule has 0 aliphatic carbocycles. The second-order valence-corrected chi connectivity index (χ2v) is 6.68. The lowest BCUT2D eigenvalue weighted by Gasteiger charge is -2.26. The van der Waals surface area contributed by atoms with Gasteiger partial charge in [-0.1, -0.05) is 18.6 Å². The van der Waals surface area contributed by atoms with Crippen LogP contribution in [-0.2, 0) is 4.74 Å². The van der Waals surface area contributed by atoms with Crippen molar-refractivity contribution in [1.29, 1.82) is 0 Å². The van der Waals surface area contributed by atoms with Crippen molar-refractivity contribution in [2.45, 2.75) is 19.3 Å². The highest BCUT2D eigenvalue weighted by Crippen LogP contribution is 2.19. The van der Waals surface area contributed by atoms with Gasteiger partial charge < -0.3 is 15.8 Å². The Labute approximate surface area is 159 Å². The molecule has 1 saturated heterocycles. The highest BCUT2D eigenvalue weighted by molar-refractivity contribution is 5.95. The van der Waals surface area contributed by atoms with E-state index in [1.165, 1.54) is 6.33 Å². The molecule has 7 nitrogen and oxygen atoms in total. The van der Waals surface area contributed by atoms with Gasteiger partial charge in [-0.15, -0.1) is 0 Å². The fourth-order valence-electron chi connectivity index (χ4n) is 3.12. The number of hydrogen-bond donors (Lipinski definition) is 2. The van der Waals surface area contributed by atoms with Crippen molar-refractivity contribution in [2.24, 2.45) is 0 Å². The fourth-order valence-corrected chi connectivity index (χ4v) is 3.12. The van der Waals surface area contributed by atoms with Crippen molar-refractivity contribution in [3.63, 3.8) is 0 Å². The van der Waals surface area contributed by atoms with Crippen molar-refractivity contribution >= 4 is 11.7 Å². The molecule has 0 saturated carbocycles. The summed E-state index contributed by atoms with van der Waals surface area (Å²) < 4.78 is 5.35. The molecule has 3 N–H and O–H groups in total. The maximum absolute atomic E-state index is 12.4. The Morgan fingerprint density at radius 1 is 1.15 bits per heavy atom. The van der Waals surface area contributed by atoms with E-state index < -0.39 is 0 Å². The van der Waals surface area contributed by atoms with Gasteiger partial charge in [0.1, 0.15) is 12.1 Å². The summed E-state index contributed by atoms with van der Waals surface area (Å²) >= 11 is 0. The van der Waals surface area contributed by atoms with Crippen LogP contribution >= 0.6 is 0 Å². The Bertz CT molecular complexity index is 747. The molecule has 0 spiro atoms. The van der Waals surface area contributed by atoms with Crippen molar-refractivity contribution in [3.8, 4) is 11.3 Å². The van der Waals surface area contributed by atoms with E-state index in [0.717, 1.165) is 57.7 Å². The largest absolute Gasteiger partial charge is 0.384 e. The minimum absolute atomic E-state index is 0.0629. The number of anilines is 1. The summed E-state index contributed by atoms with van der Waals surface area (Å²) in [6.07, 6.45) is 4.67. The Hall–Kier alpha value is -2.51. The van der Waals surface area contributed by atoms with E-state index in [1.54, 1.807) is 6.07 Å². The molecule has 2 heterocycles. The number of carbonyl (C=O) groups excluding carboxylic acids is 1. The fraction of sp³-hybridized carbons (Fsp3) is 0.450. The summed E-state index contributed by atoms with van der Waals surface area (Å²) in [6, 6.07) is 9.10. The second kappa shape index (κ2) is 9.99. The molecular weight excluding hydrogens is 342 g/mol. The zero-order chi connectivity index (χ0) is 18.9. The molecule has 0 unspecified atom stereocenters. The summed E-state index contributed by atoms with van der Waals surface area (Å²) in [5.41, 5.74) is 7.89. The maximum atomic E-state index is 12.4. The lowest BCUT2D eigenvalue weighted by Crippen LogP contribution is -2.36. The first-order chi connectivity index (χ1) is 13.2. The highest BCUT2D eigenvalue weighted by atomic mass is 16.5. The predicted molar refractivity (Wildman–Crippen MR) is 105 cm³/mol. The van der Waals surface area contributed by atoms with E-state index in [1.807, 2.05) is 24.3 Å². The molecule has 1 aliphatic heterocycles. The van der Waals surface area contributed by atoms with Gasteiger partial charge in [-0.25, -0.2) is 9.97 Å². The number of nitrogens with zero attached hydrogens (tertiary/aromatic N) is 3. The van der Waals surface area contributed by atoms with Crippen molar-refractivity contribution in [2.75, 3.05) is 45.1 Å². The maximum Gasteiger partial charge on any atom is 0.251 e. The number of aromatic nitrogens is 2. The normalized spacial score (nSPS) is 14.8. The lowest BCUT2D eigenvalue weighted by atomic mass is 10.1. The zero-order valence-corrected chi connectivity index (χ0v) is 15.6. The average molecular weight is 369 g/mol. The number of nitrogen functional groups attached to an aromatic ring is 1. The summed E-state index contributed by atoms with van der Waals surface area (Å²) in [4.78, 5) is 22.9. The molecule has 27 heavy (non-hydrogen) atoms. The molecule has 0 radical (unpaired) electrons. The van der Waals surface area contributed by atoms with E-state index in [9.17, 15) is 4.79 Å². The van der Waals surface area contributed by atoms with E-state index in [4.69, 9.17) is 10.5 Å². The van der Waals surface area contributed by atoms with Crippen LogP contribution in [-0.4, -0.2) is 60.2 Å². The highest BCUT2D eigenvalue weighted by Gasteiger charge is 2.10. The Morgan fingerprint density at radius 2 is 2.00 bits per heavy atom. The van der Waals surface area contributed by atoms with Gasteiger partial charge in [-0.05, 0) is 31.5 Å². The molecule has 1 aromatic carbocycles. The van der Waals surface area contributed by atoms with Crippen molar-refractivity contribution < 1.29 is 9.53 Å². The standard InChI is InChI=1S/C20H27N5O2/c21-19-14-18(23-15-24-19)16-5-4-6-17(13-16)20(26)22-7-2-1-3-8-25-9-11-27-12-10-25/h4-6,13-15H,1-3,7-12H2,(H,22,26)(H2,21,23,24). The first-order valence-electron chi connectivity index (χ1n) is 9.48. The van der Waals surface area contributed by atoms with E-state index in [0.29, 0.717) is 23.6 Å². The van der Waals surface area contributed by atoms with Gasteiger partial charge in [0.25, 0.3) is 5.91 Å². The van der Waals surface area contributed by atoms with Crippen LogP contribution in [0.1, 0.15) is 29.6 Å². The molecule has 1 aliphatic rings. The van der Waals surface area contributed by atoms with Crippen LogP contribution in [0.5, 0.6) is 0 Å². The first kappa shape index (κ1) is 19.3. The van der Waals surface area contributed by atoms with Gasteiger partial charge >= 0.3 is 0 Å². The molecule has 1 amide bonds. The number of amides is 1. The van der Waals surface area contributed by atoms with Crippen LogP contribution in [0.15, 0.2) is 36.7 Å².